The van der Waals surface area contributed by atoms with Crippen LogP contribution in [0.25, 0.3) is 22.2 Å². The number of nitrogens with zero attached hydrogens (tertiary/aromatic N) is 6. The van der Waals surface area contributed by atoms with Gasteiger partial charge >= 0.3 is 5.97 Å². The zero-order valence-corrected chi connectivity index (χ0v) is 23.2. The zero-order chi connectivity index (χ0) is 28.0. The van der Waals surface area contributed by atoms with E-state index in [9.17, 15) is 9.59 Å². The molecule has 4 heterocycles. The number of carbonyl (C=O) groups is 2. The highest BCUT2D eigenvalue weighted by Crippen LogP contribution is 2.27. The summed E-state index contributed by atoms with van der Waals surface area (Å²) in [7, 11) is 0. The normalized spacial score (nSPS) is 17.4. The molecule has 41 heavy (non-hydrogen) atoms. The van der Waals surface area contributed by atoms with Gasteiger partial charge in [-0.25, -0.2) is 4.68 Å². The van der Waals surface area contributed by atoms with Gasteiger partial charge in [-0.2, -0.15) is 5.10 Å². The number of hydrogen-bond acceptors (Lipinski definition) is 8. The summed E-state index contributed by atoms with van der Waals surface area (Å²) in [5.41, 5.74) is 3.49. The van der Waals surface area contributed by atoms with Crippen molar-refractivity contribution in [3.05, 3.63) is 60.3 Å². The molecular formula is C30H36N8O3. The first kappa shape index (κ1) is 27.1. The second-order valence-corrected chi connectivity index (χ2v) is 10.9. The van der Waals surface area contributed by atoms with Gasteiger partial charge in [-0.3, -0.25) is 24.5 Å². The molecule has 0 radical (unpaired) electrons. The van der Waals surface area contributed by atoms with E-state index < -0.39 is 12.1 Å². The first-order chi connectivity index (χ1) is 20.1. The maximum Gasteiger partial charge on any atom is 0.322 e. The van der Waals surface area contributed by atoms with Crippen molar-refractivity contribution in [2.45, 2.75) is 51.3 Å². The zero-order valence-electron chi connectivity index (χ0n) is 23.2. The van der Waals surface area contributed by atoms with Crippen molar-refractivity contribution in [1.82, 2.24) is 35.0 Å². The van der Waals surface area contributed by atoms with Crippen molar-refractivity contribution >= 4 is 28.6 Å². The number of rotatable bonds is 9. The van der Waals surface area contributed by atoms with Crippen LogP contribution in [0.15, 0.2) is 54.7 Å². The number of carbonyl (C=O) groups excluding carboxylic acids is 2. The standard InChI is InChI=1S/C30H36N8O3/c39-27(21-36-14-6-2-7-15-36)41-30(37-16-8-3-9-17-37)29(40)31-28-24-18-23(12-13-25(24)32-34-28)26-20-38(35-33-26)19-22-10-4-1-5-11-22/h1,4-5,10-13,18,20,30H,2-3,6-9,14-17,19,21H2,(H2,31,32,34,40). The molecule has 0 spiro atoms. The number of H-pyrrole nitrogens is 1. The Morgan fingerprint density at radius 2 is 1.71 bits per heavy atom. The highest BCUT2D eigenvalue weighted by molar-refractivity contribution is 6.02. The van der Waals surface area contributed by atoms with Gasteiger partial charge in [0.25, 0.3) is 5.91 Å². The molecule has 1 unspecified atom stereocenters. The van der Waals surface area contributed by atoms with E-state index >= 15 is 0 Å². The molecule has 2 fully saturated rings. The number of esters is 1. The SMILES string of the molecule is O=C(CN1CCCCC1)OC(C(=O)Nc1n[nH]c2ccc(-c3cn(Cc4ccccc4)nn3)cc12)N1CCCCC1. The largest absolute Gasteiger partial charge is 0.436 e. The van der Waals surface area contributed by atoms with Crippen LogP contribution in [0.5, 0.6) is 0 Å². The Morgan fingerprint density at radius 1 is 0.951 bits per heavy atom. The topological polar surface area (TPSA) is 121 Å². The van der Waals surface area contributed by atoms with Crippen LogP contribution in [-0.4, -0.2) is 85.8 Å². The van der Waals surface area contributed by atoms with E-state index in [2.05, 4.69) is 42.9 Å². The van der Waals surface area contributed by atoms with Gasteiger partial charge in [0.15, 0.2) is 5.82 Å². The van der Waals surface area contributed by atoms with Crippen LogP contribution in [0.2, 0.25) is 0 Å². The summed E-state index contributed by atoms with van der Waals surface area (Å²) in [6, 6.07) is 15.9. The van der Waals surface area contributed by atoms with Gasteiger partial charge in [0.05, 0.1) is 24.8 Å². The Bertz CT molecular complexity index is 1470. The summed E-state index contributed by atoms with van der Waals surface area (Å²) in [6.45, 7) is 4.02. The predicted octanol–water partition coefficient (Wildman–Crippen LogP) is 3.65. The molecular weight excluding hydrogens is 520 g/mol. The van der Waals surface area contributed by atoms with Crippen molar-refractivity contribution in [2.24, 2.45) is 0 Å². The quantitative estimate of drug-likeness (QED) is 0.300. The minimum absolute atomic E-state index is 0.206. The number of anilines is 1. The lowest BCUT2D eigenvalue weighted by Crippen LogP contribution is -2.50. The molecule has 2 N–H and O–H groups in total. The van der Waals surface area contributed by atoms with Crippen molar-refractivity contribution in [1.29, 1.82) is 0 Å². The van der Waals surface area contributed by atoms with Gasteiger partial charge in [0.1, 0.15) is 5.69 Å². The van der Waals surface area contributed by atoms with Crippen molar-refractivity contribution in [3.63, 3.8) is 0 Å². The van der Waals surface area contributed by atoms with Gasteiger partial charge in [-0.05, 0) is 56.5 Å². The molecule has 11 heteroatoms. The summed E-state index contributed by atoms with van der Waals surface area (Å²) in [5.74, 6) is -0.380. The molecule has 2 aromatic carbocycles. The average molecular weight is 557 g/mol. The third-order valence-corrected chi connectivity index (χ3v) is 7.82. The number of ether oxygens (including phenoxy) is 1. The number of amides is 1. The number of fused-ring (bicyclic) bond motifs is 1. The van der Waals surface area contributed by atoms with Crippen LogP contribution in [-0.2, 0) is 20.9 Å². The smallest absolute Gasteiger partial charge is 0.322 e. The van der Waals surface area contributed by atoms with Crippen molar-refractivity contribution in [3.8, 4) is 11.3 Å². The van der Waals surface area contributed by atoms with E-state index in [0.717, 1.165) is 72.9 Å². The molecule has 6 rings (SSSR count). The molecule has 2 aromatic heterocycles. The van der Waals surface area contributed by atoms with E-state index in [-0.39, 0.29) is 12.5 Å². The van der Waals surface area contributed by atoms with E-state index in [4.69, 9.17) is 4.74 Å². The fourth-order valence-electron chi connectivity index (χ4n) is 5.63. The summed E-state index contributed by atoms with van der Waals surface area (Å²) in [5, 5.41) is 19.7. The van der Waals surface area contributed by atoms with Gasteiger partial charge in [-0.1, -0.05) is 54.5 Å². The Kier molecular flexibility index (Phi) is 8.33. The Hall–Kier alpha value is -4.09. The molecule has 2 aliphatic rings. The number of nitrogens with one attached hydrogen (secondary N) is 2. The van der Waals surface area contributed by atoms with Crippen LogP contribution in [0.1, 0.15) is 44.1 Å². The summed E-state index contributed by atoms with van der Waals surface area (Å²) in [4.78, 5) is 30.5. The van der Waals surface area contributed by atoms with Gasteiger partial charge in [0.2, 0.25) is 6.23 Å². The van der Waals surface area contributed by atoms with Gasteiger partial charge in [-0.15, -0.1) is 5.10 Å². The molecule has 2 saturated heterocycles. The predicted molar refractivity (Wildman–Crippen MR) is 155 cm³/mol. The molecule has 1 atom stereocenters. The highest BCUT2D eigenvalue weighted by atomic mass is 16.6. The molecule has 0 saturated carbocycles. The number of hydrogen-bond donors (Lipinski definition) is 2. The third kappa shape index (κ3) is 6.63. The van der Waals surface area contributed by atoms with E-state index in [0.29, 0.717) is 25.5 Å². The second-order valence-electron chi connectivity index (χ2n) is 10.9. The molecule has 4 aromatic rings. The fraction of sp³-hybridized carbons (Fsp3) is 0.433. The van der Waals surface area contributed by atoms with Crippen LogP contribution >= 0.6 is 0 Å². The highest BCUT2D eigenvalue weighted by Gasteiger charge is 2.32. The maximum atomic E-state index is 13.6. The number of aromatic nitrogens is 5. The van der Waals surface area contributed by atoms with E-state index in [1.807, 2.05) is 47.5 Å². The third-order valence-electron chi connectivity index (χ3n) is 7.82. The summed E-state index contributed by atoms with van der Waals surface area (Å²) >= 11 is 0. The Labute approximate surface area is 238 Å². The van der Waals surface area contributed by atoms with Crippen LogP contribution in [0.4, 0.5) is 5.82 Å². The first-order valence-electron chi connectivity index (χ1n) is 14.5. The molecule has 1 amide bonds. The van der Waals surface area contributed by atoms with Crippen LogP contribution in [0.3, 0.4) is 0 Å². The molecule has 214 valence electrons. The second kappa shape index (κ2) is 12.6. The summed E-state index contributed by atoms with van der Waals surface area (Å²) < 4.78 is 7.63. The molecule has 0 aliphatic carbocycles. The Balaban J connectivity index is 1.18. The minimum atomic E-state index is -1.000. The molecule has 0 bridgehead atoms. The van der Waals surface area contributed by atoms with Crippen LogP contribution < -0.4 is 5.32 Å². The number of likely N-dealkylation sites (tertiary alicyclic amines) is 2. The van der Waals surface area contributed by atoms with Crippen molar-refractivity contribution < 1.29 is 14.3 Å². The van der Waals surface area contributed by atoms with E-state index in [1.54, 1.807) is 4.68 Å². The summed E-state index contributed by atoms with van der Waals surface area (Å²) in [6.07, 6.45) is 7.30. The number of aromatic amines is 1. The lowest BCUT2D eigenvalue weighted by Gasteiger charge is -2.33. The monoisotopic (exact) mass is 556 g/mol. The van der Waals surface area contributed by atoms with Crippen LogP contribution in [0, 0.1) is 0 Å². The fourth-order valence-corrected chi connectivity index (χ4v) is 5.63. The Morgan fingerprint density at radius 3 is 2.49 bits per heavy atom. The number of benzene rings is 2. The van der Waals surface area contributed by atoms with Gasteiger partial charge in [0, 0.05) is 24.0 Å². The lowest BCUT2D eigenvalue weighted by atomic mass is 10.1. The maximum absolute atomic E-state index is 13.6. The van der Waals surface area contributed by atoms with Gasteiger partial charge < -0.3 is 10.1 Å². The molecule has 11 nitrogen and oxygen atoms in total. The van der Waals surface area contributed by atoms with E-state index in [1.165, 1.54) is 6.42 Å². The lowest BCUT2D eigenvalue weighted by molar-refractivity contribution is -0.167. The minimum Gasteiger partial charge on any atom is -0.436 e. The number of piperidine rings is 2. The average Bonchev–Trinajstić information content (AvgIpc) is 3.64. The molecule has 2 aliphatic heterocycles. The first-order valence-corrected chi connectivity index (χ1v) is 14.5. The van der Waals surface area contributed by atoms with Crippen molar-refractivity contribution in [2.75, 3.05) is 38.0 Å².